The van der Waals surface area contributed by atoms with E-state index in [1.807, 2.05) is 0 Å². The van der Waals surface area contributed by atoms with Crippen LogP contribution in [0.5, 0.6) is 0 Å². The Hall–Kier alpha value is -0.820. The fraction of sp³-hybridized carbons (Fsp3) is 0.667. The fourth-order valence-electron chi connectivity index (χ4n) is 3.11. The van der Waals surface area contributed by atoms with E-state index in [0.29, 0.717) is 5.41 Å². The van der Waals surface area contributed by atoms with Gasteiger partial charge in [0, 0.05) is 0 Å². The standard InChI is InChI=1S/C18H29N/c1-14(2)13-19-11-10-18(3,4)17-12-16(17)15-8-6-5-7-9-15/h5-9,14,16-17,19H,10-13H2,1-4H3. The van der Waals surface area contributed by atoms with Crippen molar-refractivity contribution in [2.24, 2.45) is 17.3 Å². The van der Waals surface area contributed by atoms with Gasteiger partial charge in [-0.2, -0.15) is 0 Å². The molecule has 0 aliphatic heterocycles. The minimum atomic E-state index is 0.463. The van der Waals surface area contributed by atoms with E-state index in [9.17, 15) is 0 Å². The quantitative estimate of drug-likeness (QED) is 0.713. The normalized spacial score (nSPS) is 22.8. The molecule has 1 nitrogen and oxygen atoms in total. The lowest BCUT2D eigenvalue weighted by Gasteiger charge is -2.25. The van der Waals surface area contributed by atoms with Gasteiger partial charge in [-0.3, -0.25) is 0 Å². The van der Waals surface area contributed by atoms with Gasteiger partial charge < -0.3 is 5.32 Å². The number of rotatable bonds is 7. The van der Waals surface area contributed by atoms with Crippen LogP contribution in [0, 0.1) is 17.3 Å². The van der Waals surface area contributed by atoms with Crippen molar-refractivity contribution in [3.8, 4) is 0 Å². The van der Waals surface area contributed by atoms with Crippen LogP contribution in [0.1, 0.15) is 52.0 Å². The van der Waals surface area contributed by atoms with E-state index in [-0.39, 0.29) is 0 Å². The van der Waals surface area contributed by atoms with Gasteiger partial charge in [0.05, 0.1) is 0 Å². The molecule has 0 amide bonds. The largest absolute Gasteiger partial charge is 0.316 e. The van der Waals surface area contributed by atoms with Gasteiger partial charge in [0.2, 0.25) is 0 Å². The minimum Gasteiger partial charge on any atom is -0.316 e. The summed E-state index contributed by atoms with van der Waals surface area (Å²) in [6.45, 7) is 11.7. The second-order valence-corrected chi connectivity index (χ2v) is 7.20. The second-order valence-electron chi connectivity index (χ2n) is 7.20. The Morgan fingerprint density at radius 2 is 1.89 bits per heavy atom. The first-order chi connectivity index (χ1) is 9.00. The van der Waals surface area contributed by atoms with Gasteiger partial charge in [-0.1, -0.05) is 58.0 Å². The lowest BCUT2D eigenvalue weighted by atomic mass is 9.82. The summed E-state index contributed by atoms with van der Waals surface area (Å²) in [7, 11) is 0. The zero-order chi connectivity index (χ0) is 13.9. The molecule has 1 saturated carbocycles. The Balaban J connectivity index is 1.79. The van der Waals surface area contributed by atoms with Crippen molar-refractivity contribution in [2.75, 3.05) is 13.1 Å². The van der Waals surface area contributed by atoms with Gasteiger partial charge in [-0.05, 0) is 54.7 Å². The van der Waals surface area contributed by atoms with E-state index in [4.69, 9.17) is 0 Å². The molecule has 106 valence electrons. The van der Waals surface area contributed by atoms with Gasteiger partial charge >= 0.3 is 0 Å². The number of nitrogens with one attached hydrogen (secondary N) is 1. The van der Waals surface area contributed by atoms with Crippen LogP contribution in [-0.2, 0) is 0 Å². The van der Waals surface area contributed by atoms with Crippen LogP contribution >= 0.6 is 0 Å². The van der Waals surface area contributed by atoms with E-state index in [1.165, 1.54) is 18.4 Å². The van der Waals surface area contributed by atoms with Crippen LogP contribution < -0.4 is 5.32 Å². The van der Waals surface area contributed by atoms with Crippen LogP contribution in [0.3, 0.4) is 0 Å². The zero-order valence-electron chi connectivity index (χ0n) is 12.9. The van der Waals surface area contributed by atoms with Gasteiger partial charge in [0.1, 0.15) is 0 Å². The topological polar surface area (TPSA) is 12.0 Å². The van der Waals surface area contributed by atoms with Crippen LogP contribution in [0.15, 0.2) is 30.3 Å². The number of hydrogen-bond donors (Lipinski definition) is 1. The smallest absolute Gasteiger partial charge is 0.00258 e. The SMILES string of the molecule is CC(C)CNCCC(C)(C)C1CC1c1ccccc1. The molecule has 0 aromatic heterocycles. The Morgan fingerprint density at radius 1 is 1.21 bits per heavy atom. The molecule has 2 unspecified atom stereocenters. The summed E-state index contributed by atoms with van der Waals surface area (Å²) in [4.78, 5) is 0. The van der Waals surface area contributed by atoms with Crippen LogP contribution in [0.4, 0.5) is 0 Å². The highest BCUT2D eigenvalue weighted by atomic mass is 14.9. The molecule has 0 spiro atoms. The van der Waals surface area contributed by atoms with E-state index >= 15 is 0 Å². The first-order valence-electron chi connectivity index (χ1n) is 7.76. The molecule has 2 rings (SSSR count). The average Bonchev–Trinajstić information content (AvgIpc) is 3.16. The summed E-state index contributed by atoms with van der Waals surface area (Å²) in [5.41, 5.74) is 2.00. The molecule has 0 heterocycles. The Bertz CT molecular complexity index is 380. The highest BCUT2D eigenvalue weighted by Gasteiger charge is 2.47. The molecular formula is C18H29N. The third kappa shape index (κ3) is 4.07. The summed E-state index contributed by atoms with van der Waals surface area (Å²) in [6.07, 6.45) is 2.66. The first kappa shape index (κ1) is 14.6. The summed E-state index contributed by atoms with van der Waals surface area (Å²) < 4.78 is 0. The Labute approximate surface area is 118 Å². The molecule has 1 aromatic rings. The molecule has 1 aromatic carbocycles. The summed E-state index contributed by atoms with van der Waals surface area (Å²) in [6, 6.07) is 11.0. The summed E-state index contributed by atoms with van der Waals surface area (Å²) in [5.74, 6) is 2.43. The molecule has 1 aliphatic carbocycles. The molecular weight excluding hydrogens is 230 g/mol. The van der Waals surface area contributed by atoms with Crippen molar-refractivity contribution in [3.05, 3.63) is 35.9 Å². The lowest BCUT2D eigenvalue weighted by molar-refractivity contribution is 0.272. The third-order valence-corrected chi connectivity index (χ3v) is 4.52. The van der Waals surface area contributed by atoms with Crippen LogP contribution in [-0.4, -0.2) is 13.1 Å². The van der Waals surface area contributed by atoms with Crippen molar-refractivity contribution in [1.82, 2.24) is 5.32 Å². The lowest BCUT2D eigenvalue weighted by Crippen LogP contribution is -2.26. The minimum absolute atomic E-state index is 0.463. The fourth-order valence-corrected chi connectivity index (χ4v) is 3.11. The summed E-state index contributed by atoms with van der Waals surface area (Å²) >= 11 is 0. The van der Waals surface area contributed by atoms with Crippen LogP contribution in [0.25, 0.3) is 0 Å². The highest BCUT2D eigenvalue weighted by molar-refractivity contribution is 5.26. The van der Waals surface area contributed by atoms with Crippen LogP contribution in [0.2, 0.25) is 0 Å². The first-order valence-corrected chi connectivity index (χ1v) is 7.76. The van der Waals surface area contributed by atoms with Crippen molar-refractivity contribution >= 4 is 0 Å². The van der Waals surface area contributed by atoms with E-state index < -0.39 is 0 Å². The van der Waals surface area contributed by atoms with Gasteiger partial charge in [-0.25, -0.2) is 0 Å². The molecule has 1 aliphatic rings. The predicted molar refractivity (Wildman–Crippen MR) is 83.4 cm³/mol. The maximum absolute atomic E-state index is 3.58. The van der Waals surface area contributed by atoms with E-state index in [2.05, 4.69) is 63.3 Å². The monoisotopic (exact) mass is 259 g/mol. The van der Waals surface area contributed by atoms with E-state index in [1.54, 1.807) is 0 Å². The molecule has 1 N–H and O–H groups in total. The predicted octanol–water partition coefficient (Wildman–Crippen LogP) is 4.45. The second kappa shape index (κ2) is 6.09. The van der Waals surface area contributed by atoms with Crippen molar-refractivity contribution < 1.29 is 0 Å². The van der Waals surface area contributed by atoms with Crippen molar-refractivity contribution in [1.29, 1.82) is 0 Å². The molecule has 0 bridgehead atoms. The Morgan fingerprint density at radius 3 is 2.53 bits per heavy atom. The average molecular weight is 259 g/mol. The van der Waals surface area contributed by atoms with Crippen molar-refractivity contribution in [3.63, 3.8) is 0 Å². The maximum atomic E-state index is 3.58. The molecule has 2 atom stereocenters. The molecule has 0 saturated heterocycles. The molecule has 1 heteroatoms. The molecule has 0 radical (unpaired) electrons. The van der Waals surface area contributed by atoms with Crippen molar-refractivity contribution in [2.45, 2.75) is 46.5 Å². The Kier molecular flexibility index (Phi) is 4.67. The molecule has 1 fully saturated rings. The van der Waals surface area contributed by atoms with Gasteiger partial charge in [-0.15, -0.1) is 0 Å². The maximum Gasteiger partial charge on any atom is -0.00258 e. The van der Waals surface area contributed by atoms with Gasteiger partial charge in [0.25, 0.3) is 0 Å². The highest BCUT2D eigenvalue weighted by Crippen LogP contribution is 2.57. The molecule has 19 heavy (non-hydrogen) atoms. The summed E-state index contributed by atoms with van der Waals surface area (Å²) in [5, 5.41) is 3.58. The van der Waals surface area contributed by atoms with Gasteiger partial charge in [0.15, 0.2) is 0 Å². The zero-order valence-corrected chi connectivity index (χ0v) is 12.9. The van der Waals surface area contributed by atoms with E-state index in [0.717, 1.165) is 30.8 Å². The number of benzene rings is 1. The third-order valence-electron chi connectivity index (χ3n) is 4.52. The number of hydrogen-bond acceptors (Lipinski definition) is 1.